The van der Waals surface area contributed by atoms with Crippen LogP contribution in [0, 0.1) is 10.1 Å². The molecule has 0 bridgehead atoms. The summed E-state index contributed by atoms with van der Waals surface area (Å²) in [5.74, 6) is -0.0292. The molecule has 0 saturated heterocycles. The molecule has 9 nitrogen and oxygen atoms in total. The van der Waals surface area contributed by atoms with Gasteiger partial charge in [0.05, 0.1) is 25.2 Å². The number of nitrogens with zero attached hydrogens (tertiary/aromatic N) is 1. The number of non-ortho nitro benzene ring substituents is 1. The molecule has 112 valence electrons. The number of hydrogen-bond donors (Lipinski definition) is 1. The van der Waals surface area contributed by atoms with Gasteiger partial charge in [-0.25, -0.2) is 8.42 Å². The van der Waals surface area contributed by atoms with Crippen molar-refractivity contribution in [2.75, 3.05) is 27.4 Å². The van der Waals surface area contributed by atoms with Gasteiger partial charge in [-0.05, 0) is 6.07 Å². The molecule has 1 aromatic carbocycles. The summed E-state index contributed by atoms with van der Waals surface area (Å²) >= 11 is 0. The van der Waals surface area contributed by atoms with Crippen LogP contribution in [0.15, 0.2) is 23.1 Å². The van der Waals surface area contributed by atoms with Crippen LogP contribution < -0.4 is 9.62 Å². The highest BCUT2D eigenvalue weighted by Gasteiger charge is 2.23. The van der Waals surface area contributed by atoms with Crippen molar-refractivity contribution in [1.82, 2.24) is 4.89 Å². The van der Waals surface area contributed by atoms with Gasteiger partial charge < -0.3 is 9.47 Å². The Bertz CT molecular complexity index is 573. The fourth-order valence-electron chi connectivity index (χ4n) is 1.28. The van der Waals surface area contributed by atoms with Gasteiger partial charge >= 0.3 is 0 Å². The average Bonchev–Trinajstić information content (AvgIpc) is 2.42. The SMILES string of the molecule is COCCONS(=O)(=O)c1cc([N+](=O)[O-])ccc1OC. The molecule has 1 N–H and O–H groups in total. The molecule has 0 aromatic heterocycles. The van der Waals surface area contributed by atoms with E-state index in [4.69, 9.17) is 9.57 Å². The summed E-state index contributed by atoms with van der Waals surface area (Å²) in [5.41, 5.74) is -0.372. The van der Waals surface area contributed by atoms with Crippen LogP contribution in [-0.4, -0.2) is 40.8 Å². The van der Waals surface area contributed by atoms with E-state index in [-0.39, 0.29) is 29.5 Å². The minimum absolute atomic E-state index is 0.00697. The second-order valence-corrected chi connectivity index (χ2v) is 5.13. The molecule has 0 saturated carbocycles. The fourth-order valence-corrected chi connectivity index (χ4v) is 2.30. The minimum atomic E-state index is -4.10. The molecule has 0 aliphatic heterocycles. The summed E-state index contributed by atoms with van der Waals surface area (Å²) in [6.07, 6.45) is 0. The molecular weight excluding hydrogens is 292 g/mol. The maximum atomic E-state index is 12.0. The van der Waals surface area contributed by atoms with Gasteiger partial charge in [-0.15, -0.1) is 0 Å². The Hall–Kier alpha value is -1.75. The molecular formula is C10H14N2O7S. The van der Waals surface area contributed by atoms with Crippen LogP contribution in [0.3, 0.4) is 0 Å². The van der Waals surface area contributed by atoms with Gasteiger partial charge in [0, 0.05) is 19.2 Å². The lowest BCUT2D eigenvalue weighted by molar-refractivity contribution is -0.385. The van der Waals surface area contributed by atoms with Crippen LogP contribution in [0.2, 0.25) is 0 Å². The van der Waals surface area contributed by atoms with E-state index in [2.05, 4.69) is 4.74 Å². The summed E-state index contributed by atoms with van der Waals surface area (Å²) in [6.45, 7) is 0.182. The van der Waals surface area contributed by atoms with E-state index in [0.29, 0.717) is 0 Å². The molecule has 10 heteroatoms. The quantitative estimate of drug-likeness (QED) is 0.421. The van der Waals surface area contributed by atoms with Crippen LogP contribution >= 0.6 is 0 Å². The van der Waals surface area contributed by atoms with Gasteiger partial charge in [0.1, 0.15) is 10.6 Å². The smallest absolute Gasteiger partial charge is 0.271 e. The number of hydrogen-bond acceptors (Lipinski definition) is 7. The lowest BCUT2D eigenvalue weighted by atomic mass is 10.3. The number of nitro groups is 1. The van der Waals surface area contributed by atoms with Crippen molar-refractivity contribution >= 4 is 15.7 Å². The minimum Gasteiger partial charge on any atom is -0.495 e. The van der Waals surface area contributed by atoms with Crippen LogP contribution in [0.5, 0.6) is 5.75 Å². The highest BCUT2D eigenvalue weighted by atomic mass is 32.2. The number of methoxy groups -OCH3 is 2. The van der Waals surface area contributed by atoms with Gasteiger partial charge in [-0.3, -0.25) is 15.0 Å². The Morgan fingerprint density at radius 2 is 2.00 bits per heavy atom. The summed E-state index contributed by atoms with van der Waals surface area (Å²) < 4.78 is 33.5. The van der Waals surface area contributed by atoms with Crippen LogP contribution in [0.4, 0.5) is 5.69 Å². The highest BCUT2D eigenvalue weighted by Crippen LogP contribution is 2.27. The molecule has 20 heavy (non-hydrogen) atoms. The number of benzene rings is 1. The Kier molecular flexibility index (Phi) is 5.82. The average molecular weight is 306 g/mol. The van der Waals surface area contributed by atoms with Crippen molar-refractivity contribution in [3.05, 3.63) is 28.3 Å². The zero-order valence-electron chi connectivity index (χ0n) is 10.9. The standard InChI is InChI=1S/C10H14N2O7S/c1-17-5-6-19-11-20(15,16)10-7-8(12(13)14)3-4-9(10)18-2/h3-4,7,11H,5-6H2,1-2H3. The summed E-state index contributed by atoms with van der Waals surface area (Å²) in [6, 6.07) is 3.23. The molecule has 1 aromatic rings. The van der Waals surface area contributed by atoms with Gasteiger partial charge in [-0.2, -0.15) is 0 Å². The molecule has 0 radical (unpaired) electrons. The van der Waals surface area contributed by atoms with Crippen LogP contribution in [0.25, 0.3) is 0 Å². The maximum Gasteiger partial charge on any atom is 0.271 e. The monoisotopic (exact) mass is 306 g/mol. The van der Waals surface area contributed by atoms with Crippen LogP contribution in [-0.2, 0) is 19.6 Å². The Morgan fingerprint density at radius 1 is 1.30 bits per heavy atom. The first-order valence-corrected chi connectivity index (χ1v) is 6.85. The first-order valence-electron chi connectivity index (χ1n) is 5.37. The predicted molar refractivity (Wildman–Crippen MR) is 67.8 cm³/mol. The Labute approximate surface area is 115 Å². The summed E-state index contributed by atoms with van der Waals surface area (Å²) in [7, 11) is -1.41. The molecule has 0 aliphatic carbocycles. The number of rotatable bonds is 8. The van der Waals surface area contributed by atoms with E-state index >= 15 is 0 Å². The molecule has 0 heterocycles. The van der Waals surface area contributed by atoms with Crippen molar-refractivity contribution < 1.29 is 27.7 Å². The molecule has 1 rings (SSSR count). The lowest BCUT2D eigenvalue weighted by Gasteiger charge is -2.10. The van der Waals surface area contributed by atoms with E-state index in [1.165, 1.54) is 20.3 Å². The van der Waals surface area contributed by atoms with E-state index < -0.39 is 14.9 Å². The maximum absolute atomic E-state index is 12.0. The number of sulfonamides is 1. The summed E-state index contributed by atoms with van der Waals surface area (Å²) in [5, 5.41) is 10.7. The third kappa shape index (κ3) is 4.13. The summed E-state index contributed by atoms with van der Waals surface area (Å²) in [4.78, 5) is 16.1. The third-order valence-electron chi connectivity index (χ3n) is 2.21. The van der Waals surface area contributed by atoms with Gasteiger partial charge in [0.2, 0.25) is 0 Å². The van der Waals surface area contributed by atoms with E-state index in [1.807, 2.05) is 4.89 Å². The van der Waals surface area contributed by atoms with E-state index in [9.17, 15) is 18.5 Å². The van der Waals surface area contributed by atoms with E-state index in [0.717, 1.165) is 12.1 Å². The number of ether oxygens (including phenoxy) is 2. The molecule has 0 fully saturated rings. The van der Waals surface area contributed by atoms with E-state index in [1.54, 1.807) is 0 Å². The Balaban J connectivity index is 3.02. The number of nitrogens with one attached hydrogen (secondary N) is 1. The van der Waals surface area contributed by atoms with Crippen molar-refractivity contribution in [3.63, 3.8) is 0 Å². The second-order valence-electron chi connectivity index (χ2n) is 3.52. The molecule has 0 atom stereocenters. The van der Waals surface area contributed by atoms with Gasteiger partial charge in [-0.1, -0.05) is 4.89 Å². The molecule has 0 spiro atoms. The largest absolute Gasteiger partial charge is 0.495 e. The topological polar surface area (TPSA) is 117 Å². The van der Waals surface area contributed by atoms with Crippen molar-refractivity contribution in [1.29, 1.82) is 0 Å². The zero-order chi connectivity index (χ0) is 15.2. The highest BCUT2D eigenvalue weighted by molar-refractivity contribution is 7.89. The molecule has 0 unspecified atom stereocenters. The van der Waals surface area contributed by atoms with Gasteiger partial charge in [0.15, 0.2) is 0 Å². The van der Waals surface area contributed by atoms with Crippen molar-refractivity contribution in [3.8, 4) is 5.75 Å². The normalized spacial score (nSPS) is 11.3. The Morgan fingerprint density at radius 3 is 2.55 bits per heavy atom. The zero-order valence-corrected chi connectivity index (χ0v) is 11.7. The third-order valence-corrected chi connectivity index (χ3v) is 3.44. The second kappa shape index (κ2) is 7.14. The molecule has 0 amide bonds. The fraction of sp³-hybridized carbons (Fsp3) is 0.400. The lowest BCUT2D eigenvalue weighted by Crippen LogP contribution is -2.26. The molecule has 0 aliphatic rings. The first-order chi connectivity index (χ1) is 9.42. The van der Waals surface area contributed by atoms with Crippen LogP contribution in [0.1, 0.15) is 0 Å². The first kappa shape index (κ1) is 16.3. The van der Waals surface area contributed by atoms with Crippen molar-refractivity contribution in [2.45, 2.75) is 4.90 Å². The van der Waals surface area contributed by atoms with Gasteiger partial charge in [0.25, 0.3) is 15.7 Å². The van der Waals surface area contributed by atoms with Crippen molar-refractivity contribution in [2.24, 2.45) is 0 Å². The number of nitro benzene ring substituents is 1. The predicted octanol–water partition coefficient (Wildman–Crippen LogP) is 0.460.